The summed E-state index contributed by atoms with van der Waals surface area (Å²) in [6, 6.07) is 13.3. The van der Waals surface area contributed by atoms with E-state index in [-0.39, 0.29) is 0 Å². The standard InChI is InChI=1S/C17H19NOS2/c1-3-18-14(10-12-5-4-6-13(9-12)19-2)16-11-17-15(21-16)7-8-20-17/h4-9,11,14,18H,3,10H2,1-2H3. The fourth-order valence-corrected chi connectivity index (χ4v) is 4.71. The van der Waals surface area contributed by atoms with Crippen LogP contribution >= 0.6 is 22.7 Å². The largest absolute Gasteiger partial charge is 0.497 e. The van der Waals surface area contributed by atoms with Crippen molar-refractivity contribution >= 4 is 32.1 Å². The molecule has 0 aliphatic rings. The van der Waals surface area contributed by atoms with Gasteiger partial charge in [-0.05, 0) is 48.2 Å². The van der Waals surface area contributed by atoms with Crippen molar-refractivity contribution in [1.82, 2.24) is 5.32 Å². The summed E-state index contributed by atoms with van der Waals surface area (Å²) < 4.78 is 8.11. The highest BCUT2D eigenvalue weighted by Crippen LogP contribution is 2.34. The summed E-state index contributed by atoms with van der Waals surface area (Å²) in [7, 11) is 1.72. The topological polar surface area (TPSA) is 21.3 Å². The van der Waals surface area contributed by atoms with E-state index in [1.54, 1.807) is 7.11 Å². The zero-order valence-electron chi connectivity index (χ0n) is 12.3. The minimum absolute atomic E-state index is 0.367. The molecule has 1 atom stereocenters. The van der Waals surface area contributed by atoms with Gasteiger partial charge in [0.15, 0.2) is 0 Å². The van der Waals surface area contributed by atoms with Crippen molar-refractivity contribution in [2.45, 2.75) is 19.4 Å². The summed E-state index contributed by atoms with van der Waals surface area (Å²) in [4.78, 5) is 1.42. The summed E-state index contributed by atoms with van der Waals surface area (Å²) in [5.74, 6) is 0.926. The van der Waals surface area contributed by atoms with Crippen LogP contribution in [0, 0.1) is 0 Å². The van der Waals surface area contributed by atoms with E-state index in [0.717, 1.165) is 18.7 Å². The fourth-order valence-electron chi connectivity index (χ4n) is 2.51. The fraction of sp³-hybridized carbons (Fsp3) is 0.294. The van der Waals surface area contributed by atoms with Crippen molar-refractivity contribution in [2.24, 2.45) is 0 Å². The Kier molecular flexibility index (Phi) is 4.58. The second-order valence-electron chi connectivity index (χ2n) is 4.96. The van der Waals surface area contributed by atoms with Gasteiger partial charge in [0.05, 0.1) is 7.11 Å². The van der Waals surface area contributed by atoms with Crippen LogP contribution in [0.15, 0.2) is 41.8 Å². The van der Waals surface area contributed by atoms with Gasteiger partial charge in [0.2, 0.25) is 0 Å². The number of benzene rings is 1. The van der Waals surface area contributed by atoms with Crippen LogP contribution in [0.5, 0.6) is 5.75 Å². The minimum atomic E-state index is 0.367. The maximum Gasteiger partial charge on any atom is 0.119 e. The summed E-state index contributed by atoms with van der Waals surface area (Å²) in [5.41, 5.74) is 1.30. The number of likely N-dealkylation sites (N-methyl/N-ethyl adjacent to an activating group) is 1. The van der Waals surface area contributed by atoms with Crippen molar-refractivity contribution in [3.05, 3.63) is 52.2 Å². The Morgan fingerprint density at radius 2 is 2.10 bits per heavy atom. The molecule has 0 fully saturated rings. The van der Waals surface area contributed by atoms with Crippen molar-refractivity contribution in [1.29, 1.82) is 0 Å². The van der Waals surface area contributed by atoms with Crippen LogP contribution in [0.4, 0.5) is 0 Å². The second-order valence-corrected chi connectivity index (χ2v) is 7.03. The lowest BCUT2D eigenvalue weighted by molar-refractivity contribution is 0.414. The third-order valence-electron chi connectivity index (χ3n) is 3.53. The first-order valence-corrected chi connectivity index (χ1v) is 8.83. The Balaban J connectivity index is 1.85. The highest BCUT2D eigenvalue weighted by atomic mass is 32.1. The van der Waals surface area contributed by atoms with E-state index >= 15 is 0 Å². The average molecular weight is 317 g/mol. The molecule has 0 saturated heterocycles. The summed E-state index contributed by atoms with van der Waals surface area (Å²) in [6.45, 7) is 3.13. The van der Waals surface area contributed by atoms with Gasteiger partial charge in [0, 0.05) is 20.3 Å². The van der Waals surface area contributed by atoms with E-state index in [0.29, 0.717) is 6.04 Å². The van der Waals surface area contributed by atoms with Crippen molar-refractivity contribution in [3.63, 3.8) is 0 Å². The summed E-state index contributed by atoms with van der Waals surface area (Å²) in [6.07, 6.45) is 0.985. The molecule has 0 aliphatic carbocycles. The number of fused-ring (bicyclic) bond motifs is 1. The zero-order valence-corrected chi connectivity index (χ0v) is 13.9. The SMILES string of the molecule is CCNC(Cc1cccc(OC)c1)c1cc2sccc2s1. The highest BCUT2D eigenvalue weighted by molar-refractivity contribution is 7.26. The molecule has 0 amide bonds. The lowest BCUT2D eigenvalue weighted by Gasteiger charge is -2.17. The number of rotatable bonds is 6. The minimum Gasteiger partial charge on any atom is -0.497 e. The summed E-state index contributed by atoms with van der Waals surface area (Å²) in [5, 5.41) is 5.77. The molecule has 0 radical (unpaired) electrons. The number of nitrogens with one attached hydrogen (secondary N) is 1. The lowest BCUT2D eigenvalue weighted by atomic mass is 10.0. The molecular weight excluding hydrogens is 298 g/mol. The average Bonchev–Trinajstić information content (AvgIpc) is 3.08. The molecule has 3 rings (SSSR count). The first kappa shape index (κ1) is 14.6. The van der Waals surface area contributed by atoms with Crippen LogP contribution in [-0.2, 0) is 6.42 Å². The quantitative estimate of drug-likeness (QED) is 0.700. The monoisotopic (exact) mass is 317 g/mol. The molecule has 21 heavy (non-hydrogen) atoms. The van der Waals surface area contributed by atoms with Gasteiger partial charge in [-0.25, -0.2) is 0 Å². The predicted molar refractivity (Wildman–Crippen MR) is 92.8 cm³/mol. The third kappa shape index (κ3) is 3.28. The van der Waals surface area contributed by atoms with Crippen LogP contribution in [0.2, 0.25) is 0 Å². The van der Waals surface area contributed by atoms with Gasteiger partial charge >= 0.3 is 0 Å². The highest BCUT2D eigenvalue weighted by Gasteiger charge is 2.15. The molecule has 2 nitrogen and oxygen atoms in total. The maximum atomic E-state index is 5.32. The Morgan fingerprint density at radius 1 is 1.19 bits per heavy atom. The Labute approximate surface area is 133 Å². The molecule has 0 saturated carbocycles. The van der Waals surface area contributed by atoms with Crippen LogP contribution < -0.4 is 10.1 Å². The van der Waals surface area contributed by atoms with Gasteiger partial charge < -0.3 is 10.1 Å². The van der Waals surface area contributed by atoms with E-state index in [1.165, 1.54) is 19.8 Å². The van der Waals surface area contributed by atoms with Crippen LogP contribution in [-0.4, -0.2) is 13.7 Å². The van der Waals surface area contributed by atoms with E-state index in [9.17, 15) is 0 Å². The van der Waals surface area contributed by atoms with Gasteiger partial charge in [-0.1, -0.05) is 19.1 Å². The normalized spacial score (nSPS) is 12.7. The molecule has 2 aromatic heterocycles. The van der Waals surface area contributed by atoms with E-state index < -0.39 is 0 Å². The van der Waals surface area contributed by atoms with Gasteiger partial charge in [-0.15, -0.1) is 22.7 Å². The van der Waals surface area contributed by atoms with E-state index in [2.05, 4.69) is 48.0 Å². The van der Waals surface area contributed by atoms with Gasteiger partial charge in [-0.2, -0.15) is 0 Å². The molecular formula is C17H19NOS2. The molecule has 110 valence electrons. The molecule has 3 aromatic rings. The van der Waals surface area contributed by atoms with Gasteiger partial charge in [0.25, 0.3) is 0 Å². The van der Waals surface area contributed by atoms with Gasteiger partial charge in [-0.3, -0.25) is 0 Å². The molecule has 1 aromatic carbocycles. The maximum absolute atomic E-state index is 5.32. The molecule has 0 bridgehead atoms. The first-order valence-electron chi connectivity index (χ1n) is 7.13. The molecule has 2 heterocycles. The van der Waals surface area contributed by atoms with Crippen LogP contribution in [0.25, 0.3) is 9.40 Å². The predicted octanol–water partition coefficient (Wildman–Crippen LogP) is 4.86. The molecule has 0 aliphatic heterocycles. The Morgan fingerprint density at radius 3 is 2.86 bits per heavy atom. The summed E-state index contributed by atoms with van der Waals surface area (Å²) >= 11 is 3.72. The van der Waals surface area contributed by atoms with Crippen molar-refractivity contribution < 1.29 is 4.74 Å². The van der Waals surface area contributed by atoms with Crippen LogP contribution in [0.1, 0.15) is 23.4 Å². The lowest BCUT2D eigenvalue weighted by Crippen LogP contribution is -2.22. The molecule has 0 spiro atoms. The number of hydrogen-bond donors (Lipinski definition) is 1. The number of hydrogen-bond acceptors (Lipinski definition) is 4. The second kappa shape index (κ2) is 6.60. The molecule has 4 heteroatoms. The van der Waals surface area contributed by atoms with E-state index in [1.807, 2.05) is 28.7 Å². The van der Waals surface area contributed by atoms with Gasteiger partial charge in [0.1, 0.15) is 5.75 Å². The zero-order chi connectivity index (χ0) is 14.7. The molecule has 1 N–H and O–H groups in total. The van der Waals surface area contributed by atoms with Crippen molar-refractivity contribution in [3.8, 4) is 5.75 Å². The Bertz CT molecular complexity index is 688. The number of ether oxygens (including phenoxy) is 1. The first-order chi connectivity index (χ1) is 10.3. The van der Waals surface area contributed by atoms with E-state index in [4.69, 9.17) is 4.74 Å². The Hall–Kier alpha value is -1.36. The van der Waals surface area contributed by atoms with Crippen molar-refractivity contribution in [2.75, 3.05) is 13.7 Å². The smallest absolute Gasteiger partial charge is 0.119 e. The number of thiophene rings is 2. The number of methoxy groups -OCH3 is 1. The molecule has 1 unspecified atom stereocenters. The third-order valence-corrected chi connectivity index (χ3v) is 5.73. The van der Waals surface area contributed by atoms with Crippen LogP contribution in [0.3, 0.4) is 0 Å².